The average molecular weight is 366 g/mol. The van der Waals surface area contributed by atoms with Gasteiger partial charge in [-0.15, -0.1) is 0 Å². The number of aromatic nitrogens is 3. The number of benzene rings is 1. The molecule has 0 amide bonds. The molecule has 2 aromatic heterocycles. The maximum absolute atomic E-state index is 14.1. The SMILES string of the molecule is Cc1ncnc2c1ccn2C1CCC(Oc2ccc(F)c3c2CNCC3)C1. The molecular weight excluding hydrogens is 343 g/mol. The lowest BCUT2D eigenvalue weighted by molar-refractivity contribution is 0.201. The Labute approximate surface area is 157 Å². The lowest BCUT2D eigenvalue weighted by Crippen LogP contribution is -2.26. The summed E-state index contributed by atoms with van der Waals surface area (Å²) in [5.74, 6) is 0.719. The zero-order chi connectivity index (χ0) is 18.4. The van der Waals surface area contributed by atoms with E-state index in [0.29, 0.717) is 12.6 Å². The third-order valence-corrected chi connectivity index (χ3v) is 5.94. The van der Waals surface area contributed by atoms with Crippen LogP contribution in [0.3, 0.4) is 0 Å². The molecule has 2 unspecified atom stereocenters. The molecule has 0 radical (unpaired) electrons. The van der Waals surface area contributed by atoms with Crippen LogP contribution in [0.25, 0.3) is 11.0 Å². The van der Waals surface area contributed by atoms with Crippen LogP contribution in [0.4, 0.5) is 4.39 Å². The second-order valence-corrected chi connectivity index (χ2v) is 7.56. The molecule has 140 valence electrons. The van der Waals surface area contributed by atoms with E-state index in [2.05, 4.69) is 32.1 Å². The van der Waals surface area contributed by atoms with Crippen molar-refractivity contribution >= 4 is 11.0 Å². The van der Waals surface area contributed by atoms with E-state index < -0.39 is 0 Å². The number of hydrogen-bond donors (Lipinski definition) is 1. The number of hydrogen-bond acceptors (Lipinski definition) is 4. The van der Waals surface area contributed by atoms with Crippen LogP contribution in [0, 0.1) is 12.7 Å². The summed E-state index contributed by atoms with van der Waals surface area (Å²) < 4.78 is 22.7. The minimum absolute atomic E-state index is 0.114. The maximum atomic E-state index is 14.1. The van der Waals surface area contributed by atoms with Crippen molar-refractivity contribution in [2.75, 3.05) is 6.54 Å². The van der Waals surface area contributed by atoms with Crippen LogP contribution < -0.4 is 10.1 Å². The highest BCUT2D eigenvalue weighted by atomic mass is 19.1. The zero-order valence-electron chi connectivity index (χ0n) is 15.4. The second-order valence-electron chi connectivity index (χ2n) is 7.56. The minimum Gasteiger partial charge on any atom is -0.490 e. The van der Waals surface area contributed by atoms with E-state index in [-0.39, 0.29) is 11.9 Å². The Hall–Kier alpha value is -2.47. The van der Waals surface area contributed by atoms with Crippen molar-refractivity contribution in [1.29, 1.82) is 0 Å². The van der Waals surface area contributed by atoms with Gasteiger partial charge < -0.3 is 14.6 Å². The molecule has 2 atom stereocenters. The fourth-order valence-electron chi connectivity index (χ4n) is 4.49. The molecular formula is C21H23FN4O. The van der Waals surface area contributed by atoms with Crippen molar-refractivity contribution in [1.82, 2.24) is 19.9 Å². The molecule has 1 fully saturated rings. The van der Waals surface area contributed by atoms with Gasteiger partial charge in [0.15, 0.2) is 0 Å². The molecule has 3 aromatic rings. The predicted molar refractivity (Wildman–Crippen MR) is 101 cm³/mol. The Bertz CT molecular complexity index is 999. The second kappa shape index (κ2) is 6.60. The molecule has 2 aliphatic rings. The fourth-order valence-corrected chi connectivity index (χ4v) is 4.49. The van der Waals surface area contributed by atoms with E-state index in [0.717, 1.165) is 65.8 Å². The van der Waals surface area contributed by atoms with E-state index in [1.165, 1.54) is 0 Å². The lowest BCUT2D eigenvalue weighted by Gasteiger charge is -2.23. The van der Waals surface area contributed by atoms with Gasteiger partial charge in [0.05, 0.1) is 5.69 Å². The molecule has 27 heavy (non-hydrogen) atoms. The molecule has 1 saturated carbocycles. The van der Waals surface area contributed by atoms with E-state index >= 15 is 0 Å². The third kappa shape index (κ3) is 2.88. The van der Waals surface area contributed by atoms with Crippen molar-refractivity contribution in [3.05, 3.63) is 53.4 Å². The van der Waals surface area contributed by atoms with Crippen molar-refractivity contribution in [2.24, 2.45) is 0 Å². The Balaban J connectivity index is 1.37. The van der Waals surface area contributed by atoms with Crippen LogP contribution in [0.1, 0.15) is 42.1 Å². The molecule has 0 spiro atoms. The van der Waals surface area contributed by atoms with Crippen molar-refractivity contribution < 1.29 is 9.13 Å². The first-order valence-corrected chi connectivity index (χ1v) is 9.66. The first-order valence-electron chi connectivity index (χ1n) is 9.66. The molecule has 1 aromatic carbocycles. The summed E-state index contributed by atoms with van der Waals surface area (Å²) in [5, 5.41) is 4.44. The van der Waals surface area contributed by atoms with Gasteiger partial charge in [0, 0.05) is 36.2 Å². The first kappa shape index (κ1) is 16.7. The number of nitrogens with one attached hydrogen (secondary N) is 1. The zero-order valence-corrected chi connectivity index (χ0v) is 15.4. The molecule has 5 rings (SSSR count). The van der Waals surface area contributed by atoms with Crippen LogP contribution in [0.5, 0.6) is 5.75 Å². The van der Waals surface area contributed by atoms with Gasteiger partial charge in [0.1, 0.15) is 29.6 Å². The number of ether oxygens (including phenoxy) is 1. The highest BCUT2D eigenvalue weighted by Crippen LogP contribution is 2.37. The van der Waals surface area contributed by atoms with Crippen LogP contribution in [0.2, 0.25) is 0 Å². The topological polar surface area (TPSA) is 52.0 Å². The maximum Gasteiger partial charge on any atom is 0.143 e. The van der Waals surface area contributed by atoms with Gasteiger partial charge in [0.25, 0.3) is 0 Å². The highest BCUT2D eigenvalue weighted by Gasteiger charge is 2.29. The Morgan fingerprint density at radius 1 is 1.19 bits per heavy atom. The molecule has 6 heteroatoms. The van der Waals surface area contributed by atoms with Gasteiger partial charge in [-0.2, -0.15) is 0 Å². The lowest BCUT2D eigenvalue weighted by atomic mass is 9.99. The summed E-state index contributed by atoms with van der Waals surface area (Å²) in [6, 6.07) is 5.80. The number of halogens is 1. The quantitative estimate of drug-likeness (QED) is 0.768. The highest BCUT2D eigenvalue weighted by molar-refractivity contribution is 5.78. The Morgan fingerprint density at radius 2 is 2.11 bits per heavy atom. The van der Waals surface area contributed by atoms with Crippen LogP contribution >= 0.6 is 0 Å². The van der Waals surface area contributed by atoms with Crippen LogP contribution in [-0.2, 0) is 13.0 Å². The van der Waals surface area contributed by atoms with E-state index in [1.807, 2.05) is 6.92 Å². The number of fused-ring (bicyclic) bond motifs is 2. The summed E-state index contributed by atoms with van der Waals surface area (Å²) in [7, 11) is 0. The normalized spacial score (nSPS) is 22.1. The summed E-state index contributed by atoms with van der Waals surface area (Å²) in [5.41, 5.74) is 3.80. The van der Waals surface area contributed by atoms with Gasteiger partial charge in [-0.05, 0) is 56.5 Å². The van der Waals surface area contributed by atoms with Gasteiger partial charge in [-0.1, -0.05) is 0 Å². The molecule has 1 aliphatic heterocycles. The molecule has 0 bridgehead atoms. The van der Waals surface area contributed by atoms with Crippen molar-refractivity contribution in [2.45, 2.75) is 51.3 Å². The molecule has 5 nitrogen and oxygen atoms in total. The van der Waals surface area contributed by atoms with Crippen LogP contribution in [-0.4, -0.2) is 27.2 Å². The van der Waals surface area contributed by atoms with E-state index in [9.17, 15) is 4.39 Å². The Morgan fingerprint density at radius 3 is 3.04 bits per heavy atom. The smallest absolute Gasteiger partial charge is 0.143 e. The summed E-state index contributed by atoms with van der Waals surface area (Å²) in [6.45, 7) is 3.51. The number of aryl methyl sites for hydroxylation is 1. The van der Waals surface area contributed by atoms with Crippen molar-refractivity contribution in [3.8, 4) is 5.75 Å². The Kier molecular flexibility index (Phi) is 4.08. The summed E-state index contributed by atoms with van der Waals surface area (Å²) >= 11 is 0. The summed E-state index contributed by atoms with van der Waals surface area (Å²) in [4.78, 5) is 8.76. The van der Waals surface area contributed by atoms with Gasteiger partial charge in [-0.3, -0.25) is 0 Å². The standard InChI is InChI=1S/C21H23FN4O/c1-13-16-7-9-26(21(16)25-12-24-13)14-2-3-15(10-14)27-20-5-4-19(22)17-6-8-23-11-18(17)20/h4-5,7,9,12,14-15,23H,2-3,6,8,10-11H2,1H3. The van der Waals surface area contributed by atoms with E-state index in [1.54, 1.807) is 18.5 Å². The average Bonchev–Trinajstić information content (AvgIpc) is 3.32. The molecule has 1 N–H and O–H groups in total. The largest absolute Gasteiger partial charge is 0.490 e. The van der Waals surface area contributed by atoms with Gasteiger partial charge in [0.2, 0.25) is 0 Å². The first-order chi connectivity index (χ1) is 13.2. The molecule has 1 aliphatic carbocycles. The van der Waals surface area contributed by atoms with E-state index in [4.69, 9.17) is 4.74 Å². The monoisotopic (exact) mass is 366 g/mol. The number of nitrogens with zero attached hydrogens (tertiary/aromatic N) is 3. The third-order valence-electron chi connectivity index (χ3n) is 5.94. The fraction of sp³-hybridized carbons (Fsp3) is 0.429. The number of rotatable bonds is 3. The summed E-state index contributed by atoms with van der Waals surface area (Å²) in [6.07, 6.45) is 7.60. The van der Waals surface area contributed by atoms with Crippen LogP contribution in [0.15, 0.2) is 30.7 Å². The molecule has 0 saturated heterocycles. The van der Waals surface area contributed by atoms with Gasteiger partial charge in [-0.25, -0.2) is 14.4 Å². The molecule has 3 heterocycles. The van der Waals surface area contributed by atoms with Crippen molar-refractivity contribution in [3.63, 3.8) is 0 Å². The predicted octanol–water partition coefficient (Wildman–Crippen LogP) is 3.70. The minimum atomic E-state index is -0.114. The van der Waals surface area contributed by atoms with Gasteiger partial charge >= 0.3 is 0 Å².